The lowest BCUT2D eigenvalue weighted by atomic mass is 10.2. The van der Waals surface area contributed by atoms with Gasteiger partial charge in [-0.2, -0.15) is 5.10 Å². The highest BCUT2D eigenvalue weighted by atomic mass is 32.2. The highest BCUT2D eigenvalue weighted by molar-refractivity contribution is 7.89. The van der Waals surface area contributed by atoms with Gasteiger partial charge in [-0.25, -0.2) is 13.1 Å². The molecule has 0 radical (unpaired) electrons. The molecule has 0 fully saturated rings. The number of aromatic amines is 1. The number of nitrogens with zero attached hydrogens (tertiary/aromatic N) is 1. The van der Waals surface area contributed by atoms with Crippen LogP contribution >= 0.6 is 0 Å². The van der Waals surface area contributed by atoms with E-state index in [1.807, 2.05) is 0 Å². The van der Waals surface area contributed by atoms with Gasteiger partial charge in [-0.05, 0) is 25.1 Å². The Bertz CT molecular complexity index is 622. The number of nitrogen functional groups attached to an aromatic ring is 1. The summed E-state index contributed by atoms with van der Waals surface area (Å²) in [6.07, 6.45) is 3.22. The van der Waals surface area contributed by atoms with Crippen molar-refractivity contribution in [3.05, 3.63) is 42.2 Å². The topological polar surface area (TPSA) is 101 Å². The lowest BCUT2D eigenvalue weighted by molar-refractivity contribution is 0.567. The minimum Gasteiger partial charge on any atom is -0.399 e. The summed E-state index contributed by atoms with van der Waals surface area (Å²) < 4.78 is 26.7. The Morgan fingerprint density at radius 1 is 1.44 bits per heavy atom. The molecule has 6 nitrogen and oxygen atoms in total. The molecule has 2 aromatic rings. The number of sulfonamides is 1. The fourth-order valence-corrected chi connectivity index (χ4v) is 2.83. The summed E-state index contributed by atoms with van der Waals surface area (Å²) in [4.78, 5) is 0.151. The predicted octanol–water partition coefficient (Wildman–Crippen LogP) is 1.03. The van der Waals surface area contributed by atoms with E-state index in [2.05, 4.69) is 14.9 Å². The summed E-state index contributed by atoms with van der Waals surface area (Å²) in [5, 5.41) is 6.42. The first kappa shape index (κ1) is 12.6. The van der Waals surface area contributed by atoms with Gasteiger partial charge in [0.2, 0.25) is 10.0 Å². The molecule has 7 heteroatoms. The van der Waals surface area contributed by atoms with Crippen LogP contribution in [0.4, 0.5) is 5.69 Å². The summed E-state index contributed by atoms with van der Waals surface area (Å²) >= 11 is 0. The predicted molar refractivity (Wildman–Crippen MR) is 68.2 cm³/mol. The van der Waals surface area contributed by atoms with Gasteiger partial charge in [0.05, 0.1) is 11.1 Å². The van der Waals surface area contributed by atoms with Gasteiger partial charge in [-0.1, -0.05) is 6.07 Å². The number of nitrogens with two attached hydrogens (primary N) is 1. The molecular formula is C11H14N4O2S. The smallest absolute Gasteiger partial charge is 0.241 e. The van der Waals surface area contributed by atoms with E-state index in [4.69, 9.17) is 5.73 Å². The van der Waals surface area contributed by atoms with Gasteiger partial charge in [0.15, 0.2) is 0 Å². The standard InChI is InChI=1S/C11H14N4O2S/c1-8(9-6-13-14-7-9)15-18(16,17)11-4-2-3-10(12)5-11/h2-8,15H,12H2,1H3,(H,13,14). The molecule has 1 aromatic heterocycles. The Kier molecular flexibility index (Phi) is 3.35. The molecule has 0 amide bonds. The average Bonchev–Trinajstić information content (AvgIpc) is 2.82. The summed E-state index contributed by atoms with van der Waals surface area (Å²) in [6, 6.07) is 5.80. The van der Waals surface area contributed by atoms with Gasteiger partial charge >= 0.3 is 0 Å². The molecule has 1 aromatic carbocycles. The van der Waals surface area contributed by atoms with Crippen LogP contribution in [-0.4, -0.2) is 18.6 Å². The van der Waals surface area contributed by atoms with Gasteiger partial charge in [-0.3, -0.25) is 5.10 Å². The number of nitrogens with one attached hydrogen (secondary N) is 2. The Labute approximate surface area is 105 Å². The van der Waals surface area contributed by atoms with Gasteiger partial charge in [-0.15, -0.1) is 0 Å². The van der Waals surface area contributed by atoms with Gasteiger partial charge in [0, 0.05) is 23.5 Å². The molecule has 0 aliphatic rings. The number of benzene rings is 1. The molecule has 96 valence electrons. The van der Waals surface area contributed by atoms with Crippen LogP contribution in [-0.2, 0) is 10.0 Å². The van der Waals surface area contributed by atoms with E-state index in [1.165, 1.54) is 12.1 Å². The molecule has 1 unspecified atom stereocenters. The Balaban J connectivity index is 2.22. The van der Waals surface area contributed by atoms with Crippen LogP contribution in [0.1, 0.15) is 18.5 Å². The second kappa shape index (κ2) is 4.79. The Morgan fingerprint density at radius 3 is 2.83 bits per heavy atom. The molecule has 1 atom stereocenters. The minimum absolute atomic E-state index is 0.151. The van der Waals surface area contributed by atoms with Crippen LogP contribution in [0.25, 0.3) is 0 Å². The maximum atomic E-state index is 12.1. The minimum atomic E-state index is -3.58. The van der Waals surface area contributed by atoms with Crippen LogP contribution in [0, 0.1) is 0 Å². The number of aromatic nitrogens is 2. The lowest BCUT2D eigenvalue weighted by Crippen LogP contribution is -2.26. The third-order valence-corrected chi connectivity index (χ3v) is 4.06. The van der Waals surface area contributed by atoms with Gasteiger partial charge in [0.25, 0.3) is 0 Å². The molecule has 0 saturated heterocycles. The number of hydrogen-bond acceptors (Lipinski definition) is 4. The van der Waals surface area contributed by atoms with Gasteiger partial charge in [0.1, 0.15) is 0 Å². The van der Waals surface area contributed by atoms with Crippen molar-refractivity contribution < 1.29 is 8.42 Å². The number of hydrogen-bond donors (Lipinski definition) is 3. The van der Waals surface area contributed by atoms with Crippen molar-refractivity contribution in [2.45, 2.75) is 17.9 Å². The maximum Gasteiger partial charge on any atom is 0.241 e. The third kappa shape index (κ3) is 2.69. The fourth-order valence-electron chi connectivity index (χ4n) is 1.55. The zero-order valence-corrected chi connectivity index (χ0v) is 10.6. The van der Waals surface area contributed by atoms with Crippen molar-refractivity contribution in [3.8, 4) is 0 Å². The molecule has 4 N–H and O–H groups in total. The first-order valence-electron chi connectivity index (χ1n) is 5.35. The van der Waals surface area contributed by atoms with Crippen molar-refractivity contribution in [1.82, 2.24) is 14.9 Å². The van der Waals surface area contributed by atoms with Crippen LogP contribution < -0.4 is 10.5 Å². The molecule has 2 rings (SSSR count). The molecule has 0 aliphatic heterocycles. The molecule has 0 saturated carbocycles. The van der Waals surface area contributed by atoms with E-state index in [0.29, 0.717) is 5.69 Å². The first-order chi connectivity index (χ1) is 8.49. The van der Waals surface area contributed by atoms with E-state index >= 15 is 0 Å². The first-order valence-corrected chi connectivity index (χ1v) is 6.84. The molecular weight excluding hydrogens is 252 g/mol. The van der Waals surface area contributed by atoms with Crippen LogP contribution in [0.15, 0.2) is 41.6 Å². The Hall–Kier alpha value is -1.86. The van der Waals surface area contributed by atoms with E-state index in [1.54, 1.807) is 31.5 Å². The van der Waals surface area contributed by atoms with E-state index < -0.39 is 10.0 Å². The molecule has 0 spiro atoms. The summed E-state index contributed by atoms with van der Waals surface area (Å²) in [7, 11) is -3.58. The fraction of sp³-hybridized carbons (Fsp3) is 0.182. The SMILES string of the molecule is CC(NS(=O)(=O)c1cccc(N)c1)c1cn[nH]c1. The zero-order valence-electron chi connectivity index (χ0n) is 9.79. The Morgan fingerprint density at radius 2 is 2.22 bits per heavy atom. The van der Waals surface area contributed by atoms with Crippen molar-refractivity contribution in [2.24, 2.45) is 0 Å². The van der Waals surface area contributed by atoms with Crippen LogP contribution in [0.3, 0.4) is 0 Å². The third-order valence-electron chi connectivity index (χ3n) is 2.52. The summed E-state index contributed by atoms with van der Waals surface area (Å²) in [5.74, 6) is 0. The van der Waals surface area contributed by atoms with Crippen LogP contribution in [0.2, 0.25) is 0 Å². The normalized spacial score (nSPS) is 13.4. The summed E-state index contributed by atoms with van der Waals surface area (Å²) in [6.45, 7) is 1.74. The van der Waals surface area contributed by atoms with Crippen molar-refractivity contribution in [1.29, 1.82) is 0 Å². The van der Waals surface area contributed by atoms with E-state index in [-0.39, 0.29) is 10.9 Å². The largest absolute Gasteiger partial charge is 0.399 e. The zero-order chi connectivity index (χ0) is 13.2. The quantitative estimate of drug-likeness (QED) is 0.719. The molecule has 1 heterocycles. The van der Waals surface area contributed by atoms with E-state index in [9.17, 15) is 8.42 Å². The van der Waals surface area contributed by atoms with Crippen molar-refractivity contribution in [3.63, 3.8) is 0 Å². The number of H-pyrrole nitrogens is 1. The van der Waals surface area contributed by atoms with Crippen molar-refractivity contribution >= 4 is 15.7 Å². The molecule has 0 bridgehead atoms. The van der Waals surface area contributed by atoms with Gasteiger partial charge < -0.3 is 5.73 Å². The average molecular weight is 266 g/mol. The highest BCUT2D eigenvalue weighted by Gasteiger charge is 2.18. The second-order valence-electron chi connectivity index (χ2n) is 3.95. The monoisotopic (exact) mass is 266 g/mol. The van der Waals surface area contributed by atoms with E-state index in [0.717, 1.165) is 5.56 Å². The highest BCUT2D eigenvalue weighted by Crippen LogP contribution is 2.17. The van der Waals surface area contributed by atoms with Crippen molar-refractivity contribution in [2.75, 3.05) is 5.73 Å². The second-order valence-corrected chi connectivity index (χ2v) is 5.66. The lowest BCUT2D eigenvalue weighted by Gasteiger charge is -2.12. The van der Waals surface area contributed by atoms with Crippen LogP contribution in [0.5, 0.6) is 0 Å². The number of anilines is 1. The number of rotatable bonds is 4. The summed E-state index contributed by atoms with van der Waals surface area (Å²) in [5.41, 5.74) is 6.75. The molecule has 0 aliphatic carbocycles. The maximum absolute atomic E-state index is 12.1. The molecule has 18 heavy (non-hydrogen) atoms.